The molecule has 142 valence electrons. The highest BCUT2D eigenvalue weighted by atomic mass is 35.5. The monoisotopic (exact) mass is 389 g/mol. The number of amides is 1. The lowest BCUT2D eigenvalue weighted by molar-refractivity contribution is -0.385. The molecule has 0 radical (unpaired) electrons. The van der Waals surface area contributed by atoms with Gasteiger partial charge in [-0.15, -0.1) is 0 Å². The van der Waals surface area contributed by atoms with Gasteiger partial charge < -0.3 is 9.64 Å². The molecule has 0 aromatic heterocycles. The zero-order chi connectivity index (χ0) is 19.4. The van der Waals surface area contributed by atoms with Crippen LogP contribution in [0.4, 0.5) is 5.69 Å². The van der Waals surface area contributed by atoms with E-state index in [1.54, 1.807) is 12.0 Å². The van der Waals surface area contributed by atoms with E-state index >= 15 is 0 Å². The number of hydrogen-bond acceptors (Lipinski definition) is 5. The van der Waals surface area contributed by atoms with Crippen LogP contribution < -0.4 is 4.74 Å². The van der Waals surface area contributed by atoms with E-state index in [9.17, 15) is 14.9 Å². The van der Waals surface area contributed by atoms with Crippen molar-refractivity contribution >= 4 is 23.2 Å². The molecule has 7 nitrogen and oxygen atoms in total. The van der Waals surface area contributed by atoms with Gasteiger partial charge in [0.15, 0.2) is 0 Å². The minimum Gasteiger partial charge on any atom is -0.497 e. The van der Waals surface area contributed by atoms with Crippen molar-refractivity contribution < 1.29 is 14.5 Å². The van der Waals surface area contributed by atoms with Crippen molar-refractivity contribution in [1.29, 1.82) is 0 Å². The molecule has 1 amide bonds. The standard InChI is InChI=1S/C19H20ClN3O4/c1-27-16-5-2-14(3-6-16)13-21-8-10-22(11-9-21)19(24)17-12-15(20)4-7-18(17)23(25)26/h2-7,12H,8-11,13H2,1H3. The lowest BCUT2D eigenvalue weighted by Gasteiger charge is -2.34. The molecule has 0 aliphatic carbocycles. The van der Waals surface area contributed by atoms with Crippen molar-refractivity contribution in [2.45, 2.75) is 6.54 Å². The SMILES string of the molecule is COc1ccc(CN2CCN(C(=O)c3cc(Cl)ccc3[N+](=O)[O-])CC2)cc1. The number of hydrogen-bond donors (Lipinski definition) is 0. The van der Waals surface area contributed by atoms with Gasteiger partial charge in [-0.1, -0.05) is 23.7 Å². The van der Waals surface area contributed by atoms with Crippen LogP contribution in [0.25, 0.3) is 0 Å². The first-order chi connectivity index (χ1) is 13.0. The number of nitrogens with zero attached hydrogens (tertiary/aromatic N) is 3. The number of piperazine rings is 1. The second-order valence-corrected chi connectivity index (χ2v) is 6.77. The average Bonchev–Trinajstić information content (AvgIpc) is 2.68. The average molecular weight is 390 g/mol. The molecule has 1 fully saturated rings. The van der Waals surface area contributed by atoms with Gasteiger partial charge in [-0.05, 0) is 29.8 Å². The molecule has 3 rings (SSSR count). The second kappa shape index (κ2) is 8.37. The summed E-state index contributed by atoms with van der Waals surface area (Å²) in [7, 11) is 1.63. The van der Waals surface area contributed by atoms with E-state index in [1.165, 1.54) is 23.8 Å². The highest BCUT2D eigenvalue weighted by Gasteiger charge is 2.27. The molecule has 0 unspecified atom stereocenters. The van der Waals surface area contributed by atoms with E-state index in [4.69, 9.17) is 16.3 Å². The Morgan fingerprint density at radius 3 is 2.41 bits per heavy atom. The van der Waals surface area contributed by atoms with E-state index in [-0.39, 0.29) is 17.2 Å². The van der Waals surface area contributed by atoms with E-state index in [0.717, 1.165) is 12.3 Å². The first-order valence-corrected chi connectivity index (χ1v) is 8.94. The van der Waals surface area contributed by atoms with Crippen LogP contribution in [0.5, 0.6) is 5.75 Å². The van der Waals surface area contributed by atoms with Crippen LogP contribution in [-0.2, 0) is 6.54 Å². The number of methoxy groups -OCH3 is 1. The third kappa shape index (κ3) is 4.56. The lowest BCUT2D eigenvalue weighted by Crippen LogP contribution is -2.48. The molecule has 1 saturated heterocycles. The maximum absolute atomic E-state index is 12.7. The molecule has 1 aliphatic heterocycles. The summed E-state index contributed by atoms with van der Waals surface area (Å²) in [4.78, 5) is 27.3. The Bertz CT molecular complexity index is 833. The van der Waals surface area contributed by atoms with Gasteiger partial charge in [0.05, 0.1) is 12.0 Å². The summed E-state index contributed by atoms with van der Waals surface area (Å²) >= 11 is 5.93. The molecule has 2 aromatic carbocycles. The fourth-order valence-electron chi connectivity index (χ4n) is 3.11. The van der Waals surface area contributed by atoms with Crippen LogP contribution >= 0.6 is 11.6 Å². The number of nitro groups is 1. The van der Waals surface area contributed by atoms with Crippen LogP contribution in [-0.4, -0.2) is 53.9 Å². The van der Waals surface area contributed by atoms with Crippen molar-refractivity contribution in [2.24, 2.45) is 0 Å². The summed E-state index contributed by atoms with van der Waals surface area (Å²) in [6.07, 6.45) is 0. The van der Waals surface area contributed by atoms with Gasteiger partial charge in [0.1, 0.15) is 11.3 Å². The van der Waals surface area contributed by atoms with Crippen molar-refractivity contribution in [1.82, 2.24) is 9.80 Å². The maximum atomic E-state index is 12.7. The summed E-state index contributed by atoms with van der Waals surface area (Å²) in [5.74, 6) is 0.463. The number of ether oxygens (including phenoxy) is 1. The molecule has 0 spiro atoms. The van der Waals surface area contributed by atoms with Crippen molar-refractivity contribution in [3.8, 4) is 5.75 Å². The Balaban J connectivity index is 1.62. The van der Waals surface area contributed by atoms with Crippen LogP contribution in [0.2, 0.25) is 5.02 Å². The number of carbonyl (C=O) groups is 1. The second-order valence-electron chi connectivity index (χ2n) is 6.34. The number of nitro benzene ring substituents is 1. The van der Waals surface area contributed by atoms with E-state index in [1.807, 2.05) is 24.3 Å². The summed E-state index contributed by atoms with van der Waals surface area (Å²) < 4.78 is 5.16. The molecule has 0 atom stereocenters. The van der Waals surface area contributed by atoms with Crippen molar-refractivity contribution in [3.05, 3.63) is 68.7 Å². The number of halogens is 1. The number of benzene rings is 2. The third-order valence-corrected chi connectivity index (χ3v) is 4.85. The highest BCUT2D eigenvalue weighted by Crippen LogP contribution is 2.25. The Hall–Kier alpha value is -2.64. The first-order valence-electron chi connectivity index (χ1n) is 8.56. The fraction of sp³-hybridized carbons (Fsp3) is 0.316. The lowest BCUT2D eigenvalue weighted by atomic mass is 10.1. The minimum atomic E-state index is -0.552. The van der Waals surface area contributed by atoms with E-state index in [2.05, 4.69) is 4.90 Å². The minimum absolute atomic E-state index is 0.0381. The molecule has 27 heavy (non-hydrogen) atoms. The third-order valence-electron chi connectivity index (χ3n) is 4.61. The van der Waals surface area contributed by atoms with Gasteiger partial charge in [-0.3, -0.25) is 19.8 Å². The van der Waals surface area contributed by atoms with Gasteiger partial charge in [0.25, 0.3) is 11.6 Å². The zero-order valence-electron chi connectivity index (χ0n) is 14.9. The van der Waals surface area contributed by atoms with Gasteiger partial charge in [0, 0.05) is 43.8 Å². The molecule has 1 heterocycles. The van der Waals surface area contributed by atoms with Crippen LogP contribution in [0.3, 0.4) is 0 Å². The first kappa shape index (κ1) is 19.1. The smallest absolute Gasteiger partial charge is 0.282 e. The highest BCUT2D eigenvalue weighted by molar-refractivity contribution is 6.31. The summed E-state index contributed by atoms with van der Waals surface area (Å²) in [5, 5.41) is 11.5. The summed E-state index contributed by atoms with van der Waals surface area (Å²) in [5.41, 5.74) is 0.988. The van der Waals surface area contributed by atoms with E-state index < -0.39 is 4.92 Å². The zero-order valence-corrected chi connectivity index (χ0v) is 15.7. The van der Waals surface area contributed by atoms with Gasteiger partial charge in [0.2, 0.25) is 0 Å². The Labute approximate surface area is 162 Å². The van der Waals surface area contributed by atoms with Gasteiger partial charge in [-0.25, -0.2) is 0 Å². The quantitative estimate of drug-likeness (QED) is 0.579. The van der Waals surface area contributed by atoms with Crippen LogP contribution in [0.15, 0.2) is 42.5 Å². The maximum Gasteiger partial charge on any atom is 0.282 e. The molecule has 0 bridgehead atoms. The van der Waals surface area contributed by atoms with Crippen LogP contribution in [0, 0.1) is 10.1 Å². The van der Waals surface area contributed by atoms with Crippen molar-refractivity contribution in [3.63, 3.8) is 0 Å². The molecule has 2 aromatic rings. The number of carbonyl (C=O) groups excluding carboxylic acids is 1. The Morgan fingerprint density at radius 2 is 1.81 bits per heavy atom. The molecular weight excluding hydrogens is 370 g/mol. The molecule has 0 saturated carbocycles. The van der Waals surface area contributed by atoms with Gasteiger partial charge in [-0.2, -0.15) is 0 Å². The van der Waals surface area contributed by atoms with E-state index in [0.29, 0.717) is 31.2 Å². The molecule has 8 heteroatoms. The van der Waals surface area contributed by atoms with Crippen LogP contribution in [0.1, 0.15) is 15.9 Å². The molecular formula is C19H20ClN3O4. The normalized spacial score (nSPS) is 14.8. The van der Waals surface area contributed by atoms with Gasteiger partial charge >= 0.3 is 0 Å². The summed E-state index contributed by atoms with van der Waals surface area (Å²) in [6, 6.07) is 11.9. The molecule has 0 N–H and O–H groups in total. The predicted octanol–water partition coefficient (Wildman–Crippen LogP) is 3.21. The number of rotatable bonds is 5. The predicted molar refractivity (Wildman–Crippen MR) is 102 cm³/mol. The Kier molecular flexibility index (Phi) is 5.93. The fourth-order valence-corrected chi connectivity index (χ4v) is 3.28. The summed E-state index contributed by atoms with van der Waals surface area (Å²) in [6.45, 7) is 3.21. The van der Waals surface area contributed by atoms with Crippen molar-refractivity contribution in [2.75, 3.05) is 33.3 Å². The molecule has 1 aliphatic rings. The Morgan fingerprint density at radius 1 is 1.15 bits per heavy atom. The largest absolute Gasteiger partial charge is 0.497 e. The topological polar surface area (TPSA) is 75.9 Å².